The highest BCUT2D eigenvalue weighted by Crippen LogP contribution is 2.14. The molecule has 0 fully saturated rings. The van der Waals surface area contributed by atoms with Gasteiger partial charge in [0.05, 0.1) is 13.0 Å². The van der Waals surface area contributed by atoms with Gasteiger partial charge in [0.1, 0.15) is 11.0 Å². The van der Waals surface area contributed by atoms with Gasteiger partial charge < -0.3 is 15.4 Å². The molecule has 2 aromatic heterocycles. The first-order valence-corrected chi connectivity index (χ1v) is 5.67. The van der Waals surface area contributed by atoms with Gasteiger partial charge in [-0.15, -0.1) is 11.3 Å². The molecule has 0 aliphatic heterocycles. The molecule has 1 atom stereocenters. The Morgan fingerprint density at radius 2 is 2.38 bits per heavy atom. The van der Waals surface area contributed by atoms with Gasteiger partial charge in [0.25, 0.3) is 0 Å². The lowest BCUT2D eigenvalue weighted by molar-refractivity contribution is 0.236. The van der Waals surface area contributed by atoms with E-state index in [2.05, 4.69) is 15.1 Å². The van der Waals surface area contributed by atoms with Crippen LogP contribution in [0.1, 0.15) is 28.5 Å². The van der Waals surface area contributed by atoms with Crippen LogP contribution in [0, 0.1) is 6.92 Å². The summed E-state index contributed by atoms with van der Waals surface area (Å²) in [5, 5.41) is 15.5. The van der Waals surface area contributed by atoms with Gasteiger partial charge in [0.2, 0.25) is 5.89 Å². The molecule has 0 spiro atoms. The topological polar surface area (TPSA) is 98.1 Å². The molecule has 2 aromatic rings. The highest BCUT2D eigenvalue weighted by atomic mass is 32.1. The summed E-state index contributed by atoms with van der Waals surface area (Å²) in [5.41, 5.74) is 6.53. The number of aliphatic hydroxyl groups is 1. The van der Waals surface area contributed by atoms with Gasteiger partial charge >= 0.3 is 0 Å². The summed E-state index contributed by atoms with van der Waals surface area (Å²) < 4.78 is 4.93. The van der Waals surface area contributed by atoms with E-state index in [-0.39, 0.29) is 12.5 Å². The molecule has 6 nitrogen and oxygen atoms in total. The van der Waals surface area contributed by atoms with Crippen molar-refractivity contribution in [1.82, 2.24) is 15.1 Å². The number of nitrogens with two attached hydrogens (primary N) is 1. The van der Waals surface area contributed by atoms with Crippen LogP contribution < -0.4 is 5.73 Å². The quantitative estimate of drug-likeness (QED) is 0.803. The zero-order valence-corrected chi connectivity index (χ0v) is 9.57. The average Bonchev–Trinajstić information content (AvgIpc) is 2.87. The summed E-state index contributed by atoms with van der Waals surface area (Å²) >= 11 is 1.55. The summed E-state index contributed by atoms with van der Waals surface area (Å²) in [6.07, 6.45) is 0.528. The van der Waals surface area contributed by atoms with Crippen LogP contribution in [-0.4, -0.2) is 26.8 Å². The lowest BCUT2D eigenvalue weighted by atomic mass is 10.3. The van der Waals surface area contributed by atoms with Gasteiger partial charge in [-0.25, -0.2) is 4.98 Å². The van der Waals surface area contributed by atoms with Crippen molar-refractivity contribution >= 4 is 11.3 Å². The largest absolute Gasteiger partial charge is 0.394 e. The summed E-state index contributed by atoms with van der Waals surface area (Å²) in [5.74, 6) is 0.791. The summed E-state index contributed by atoms with van der Waals surface area (Å²) in [6, 6.07) is -0.612. The fraction of sp³-hybridized carbons (Fsp3) is 0.444. The molecule has 0 radical (unpaired) electrons. The standard InChI is InChI=1S/C9H12N4O2S/c1-5-4-16-8(11-5)2-7-12-9(15-13-7)6(10)3-14/h4,6,14H,2-3,10H2,1H3/t6-/m1/s1. The van der Waals surface area contributed by atoms with Gasteiger partial charge in [-0.3, -0.25) is 0 Å². The van der Waals surface area contributed by atoms with Crippen molar-refractivity contribution in [3.8, 4) is 0 Å². The van der Waals surface area contributed by atoms with Crippen LogP contribution in [0.5, 0.6) is 0 Å². The highest BCUT2D eigenvalue weighted by molar-refractivity contribution is 7.09. The zero-order chi connectivity index (χ0) is 11.5. The number of aryl methyl sites for hydroxylation is 1. The first-order valence-electron chi connectivity index (χ1n) is 4.79. The molecule has 3 N–H and O–H groups in total. The predicted molar refractivity (Wildman–Crippen MR) is 58.0 cm³/mol. The Morgan fingerprint density at radius 3 is 3.00 bits per heavy atom. The summed E-state index contributed by atoms with van der Waals surface area (Å²) in [7, 11) is 0. The second-order valence-electron chi connectivity index (χ2n) is 3.40. The number of aliphatic hydroxyl groups excluding tert-OH is 1. The molecule has 0 aliphatic carbocycles. The number of hydrogen-bond donors (Lipinski definition) is 2. The first-order chi connectivity index (χ1) is 7.69. The maximum atomic E-state index is 8.83. The highest BCUT2D eigenvalue weighted by Gasteiger charge is 2.14. The van der Waals surface area contributed by atoms with Crippen molar-refractivity contribution in [1.29, 1.82) is 0 Å². The molecule has 86 valence electrons. The molecule has 0 saturated heterocycles. The van der Waals surface area contributed by atoms with E-state index in [0.717, 1.165) is 10.7 Å². The Kier molecular flexibility index (Phi) is 3.28. The van der Waals surface area contributed by atoms with Crippen LogP contribution >= 0.6 is 11.3 Å². The van der Waals surface area contributed by atoms with Crippen LogP contribution in [0.4, 0.5) is 0 Å². The van der Waals surface area contributed by atoms with E-state index in [9.17, 15) is 0 Å². The first kappa shape index (κ1) is 11.2. The van der Waals surface area contributed by atoms with Crippen molar-refractivity contribution in [3.05, 3.63) is 27.8 Å². The van der Waals surface area contributed by atoms with E-state index >= 15 is 0 Å². The third-order valence-electron chi connectivity index (χ3n) is 1.97. The van der Waals surface area contributed by atoms with Crippen molar-refractivity contribution in [2.45, 2.75) is 19.4 Å². The molecule has 0 aliphatic rings. The van der Waals surface area contributed by atoms with Crippen molar-refractivity contribution in [2.24, 2.45) is 5.73 Å². The molecule has 16 heavy (non-hydrogen) atoms. The Labute approximate surface area is 96.1 Å². The van der Waals surface area contributed by atoms with Crippen LogP contribution in [0.25, 0.3) is 0 Å². The lowest BCUT2D eigenvalue weighted by Crippen LogP contribution is -2.14. The van der Waals surface area contributed by atoms with Crippen LogP contribution in [0.3, 0.4) is 0 Å². The van der Waals surface area contributed by atoms with E-state index < -0.39 is 6.04 Å². The Hall–Kier alpha value is -1.31. The molecule has 0 unspecified atom stereocenters. The van der Waals surface area contributed by atoms with Crippen molar-refractivity contribution in [2.75, 3.05) is 6.61 Å². The molecule has 0 bridgehead atoms. The lowest BCUT2D eigenvalue weighted by Gasteiger charge is -1.98. The van der Waals surface area contributed by atoms with Gasteiger partial charge in [-0.05, 0) is 6.92 Å². The average molecular weight is 240 g/mol. The number of nitrogens with zero attached hydrogens (tertiary/aromatic N) is 3. The smallest absolute Gasteiger partial charge is 0.245 e. The predicted octanol–water partition coefficient (Wildman–Crippen LogP) is 0.417. The Morgan fingerprint density at radius 1 is 1.56 bits per heavy atom. The van der Waals surface area contributed by atoms with Gasteiger partial charge in [0, 0.05) is 11.1 Å². The number of aromatic nitrogens is 3. The van der Waals surface area contributed by atoms with E-state index in [0.29, 0.717) is 12.2 Å². The van der Waals surface area contributed by atoms with Crippen LogP contribution in [0.15, 0.2) is 9.90 Å². The third-order valence-corrected chi connectivity index (χ3v) is 2.94. The number of thiazole rings is 1. The fourth-order valence-electron chi connectivity index (χ4n) is 1.19. The maximum absolute atomic E-state index is 8.83. The van der Waals surface area contributed by atoms with E-state index in [1.165, 1.54) is 0 Å². The SMILES string of the molecule is Cc1csc(Cc2noc([C@H](N)CO)n2)n1. The minimum atomic E-state index is -0.612. The van der Waals surface area contributed by atoms with Gasteiger partial charge in [0.15, 0.2) is 5.82 Å². The molecule has 7 heteroatoms. The van der Waals surface area contributed by atoms with Crippen LogP contribution in [-0.2, 0) is 6.42 Å². The molecule has 0 saturated carbocycles. The molecule has 2 rings (SSSR count). The van der Waals surface area contributed by atoms with E-state index in [4.69, 9.17) is 15.4 Å². The van der Waals surface area contributed by atoms with Crippen molar-refractivity contribution in [3.63, 3.8) is 0 Å². The normalized spacial score (nSPS) is 12.9. The monoisotopic (exact) mass is 240 g/mol. The molecule has 0 amide bonds. The second-order valence-corrected chi connectivity index (χ2v) is 4.34. The zero-order valence-electron chi connectivity index (χ0n) is 8.75. The fourth-order valence-corrected chi connectivity index (χ4v) is 1.96. The maximum Gasteiger partial charge on any atom is 0.245 e. The molecular formula is C9H12N4O2S. The summed E-state index contributed by atoms with van der Waals surface area (Å²) in [6.45, 7) is 1.72. The van der Waals surface area contributed by atoms with Crippen molar-refractivity contribution < 1.29 is 9.63 Å². The molecule has 2 heterocycles. The van der Waals surface area contributed by atoms with Crippen LogP contribution in [0.2, 0.25) is 0 Å². The third kappa shape index (κ3) is 2.43. The minimum Gasteiger partial charge on any atom is -0.394 e. The Bertz CT molecular complexity index is 468. The molecular weight excluding hydrogens is 228 g/mol. The Balaban J connectivity index is 2.08. The van der Waals surface area contributed by atoms with E-state index in [1.54, 1.807) is 11.3 Å². The van der Waals surface area contributed by atoms with Gasteiger partial charge in [-0.2, -0.15) is 4.98 Å². The molecule has 0 aromatic carbocycles. The summed E-state index contributed by atoms with van der Waals surface area (Å²) in [4.78, 5) is 8.39. The second kappa shape index (κ2) is 4.69. The number of hydrogen-bond acceptors (Lipinski definition) is 7. The van der Waals surface area contributed by atoms with E-state index in [1.807, 2.05) is 12.3 Å². The number of rotatable bonds is 4. The van der Waals surface area contributed by atoms with Gasteiger partial charge in [-0.1, -0.05) is 5.16 Å². The minimum absolute atomic E-state index is 0.210.